The number of hydrogen-bond donors (Lipinski definition) is 0. The molecule has 0 saturated heterocycles. The summed E-state index contributed by atoms with van der Waals surface area (Å²) in [5.74, 6) is 0.775. The Morgan fingerprint density at radius 1 is 1.38 bits per heavy atom. The Morgan fingerprint density at radius 3 is 3.00 bits per heavy atom. The van der Waals surface area contributed by atoms with Gasteiger partial charge in [-0.1, -0.05) is 6.92 Å². The largest absolute Gasteiger partial charge is 0.347 e. The number of hydrogen-bond acceptors (Lipinski definition) is 4. The van der Waals surface area contributed by atoms with Crippen LogP contribution in [0.1, 0.15) is 19.2 Å². The molecule has 2 rings (SSSR count). The van der Waals surface area contributed by atoms with Crippen molar-refractivity contribution in [3.8, 4) is 0 Å². The van der Waals surface area contributed by atoms with Gasteiger partial charge in [-0.2, -0.15) is 5.10 Å². The Balaban J connectivity index is 2.24. The summed E-state index contributed by atoms with van der Waals surface area (Å²) < 4.78 is 3.32. The summed E-state index contributed by atoms with van der Waals surface area (Å²) in [5, 5.41) is 4.10. The SMILES string of the molecule is CCCn1ncnc1Cn1cccnc1=O. The molecule has 0 spiro atoms. The van der Waals surface area contributed by atoms with Gasteiger partial charge in [0.1, 0.15) is 12.2 Å². The van der Waals surface area contributed by atoms with Gasteiger partial charge in [-0.05, 0) is 12.5 Å². The number of nitrogens with zero attached hydrogens (tertiary/aromatic N) is 5. The minimum absolute atomic E-state index is 0.270. The van der Waals surface area contributed by atoms with E-state index in [2.05, 4.69) is 22.0 Å². The lowest BCUT2D eigenvalue weighted by Gasteiger charge is -2.05. The fourth-order valence-electron chi connectivity index (χ4n) is 1.47. The molecule has 0 bridgehead atoms. The molecule has 0 fully saturated rings. The van der Waals surface area contributed by atoms with Crippen molar-refractivity contribution < 1.29 is 0 Å². The Kier molecular flexibility index (Phi) is 3.09. The monoisotopic (exact) mass is 219 g/mol. The number of aromatic nitrogens is 5. The maximum absolute atomic E-state index is 11.4. The molecule has 0 saturated carbocycles. The average Bonchev–Trinajstić information content (AvgIpc) is 2.70. The van der Waals surface area contributed by atoms with Gasteiger partial charge in [0.05, 0.1) is 6.54 Å². The van der Waals surface area contributed by atoms with Gasteiger partial charge in [0.15, 0.2) is 0 Å². The molecule has 0 N–H and O–H groups in total. The minimum atomic E-state index is -0.270. The predicted octanol–water partition coefficient (Wildman–Crippen LogP) is 0.293. The summed E-state index contributed by atoms with van der Waals surface area (Å²) in [5.41, 5.74) is -0.270. The van der Waals surface area contributed by atoms with Gasteiger partial charge >= 0.3 is 5.69 Å². The number of rotatable bonds is 4. The zero-order valence-electron chi connectivity index (χ0n) is 9.08. The van der Waals surface area contributed by atoms with Crippen LogP contribution in [0.2, 0.25) is 0 Å². The Labute approximate surface area is 92.6 Å². The maximum Gasteiger partial charge on any atom is 0.347 e. The lowest BCUT2D eigenvalue weighted by atomic mass is 10.4. The molecule has 0 amide bonds. The highest BCUT2D eigenvalue weighted by Gasteiger charge is 2.05. The first-order valence-corrected chi connectivity index (χ1v) is 5.19. The second-order valence-corrected chi connectivity index (χ2v) is 3.43. The van der Waals surface area contributed by atoms with Crippen LogP contribution in [0, 0.1) is 0 Å². The zero-order valence-corrected chi connectivity index (χ0v) is 9.08. The van der Waals surface area contributed by atoms with Gasteiger partial charge in [0.25, 0.3) is 0 Å². The van der Waals surface area contributed by atoms with Crippen molar-refractivity contribution in [2.24, 2.45) is 0 Å². The summed E-state index contributed by atoms with van der Waals surface area (Å²) >= 11 is 0. The third kappa shape index (κ3) is 2.16. The van der Waals surface area contributed by atoms with E-state index in [9.17, 15) is 4.79 Å². The number of aryl methyl sites for hydroxylation is 1. The van der Waals surface area contributed by atoms with Gasteiger partial charge in [-0.3, -0.25) is 4.57 Å². The van der Waals surface area contributed by atoms with Crippen molar-refractivity contribution >= 4 is 0 Å². The van der Waals surface area contributed by atoms with Gasteiger partial charge in [0, 0.05) is 18.9 Å². The molecular weight excluding hydrogens is 206 g/mol. The van der Waals surface area contributed by atoms with Crippen molar-refractivity contribution in [2.45, 2.75) is 26.4 Å². The summed E-state index contributed by atoms with van der Waals surface area (Å²) in [7, 11) is 0. The van der Waals surface area contributed by atoms with E-state index in [0.717, 1.165) is 18.8 Å². The van der Waals surface area contributed by atoms with Crippen molar-refractivity contribution in [1.29, 1.82) is 0 Å². The van der Waals surface area contributed by atoms with E-state index in [1.165, 1.54) is 17.1 Å². The van der Waals surface area contributed by atoms with Crippen LogP contribution in [-0.2, 0) is 13.1 Å². The van der Waals surface area contributed by atoms with E-state index in [1.54, 1.807) is 16.9 Å². The van der Waals surface area contributed by atoms with Gasteiger partial charge in [-0.15, -0.1) is 0 Å². The van der Waals surface area contributed by atoms with E-state index >= 15 is 0 Å². The first kappa shape index (κ1) is 10.5. The summed E-state index contributed by atoms with van der Waals surface area (Å²) in [4.78, 5) is 19.2. The molecule has 0 aliphatic carbocycles. The third-order valence-electron chi connectivity index (χ3n) is 2.23. The molecule has 2 heterocycles. The quantitative estimate of drug-likeness (QED) is 0.741. The van der Waals surface area contributed by atoms with E-state index in [1.807, 2.05) is 0 Å². The van der Waals surface area contributed by atoms with E-state index in [4.69, 9.17) is 0 Å². The van der Waals surface area contributed by atoms with Crippen molar-refractivity contribution in [1.82, 2.24) is 24.3 Å². The fourth-order valence-corrected chi connectivity index (χ4v) is 1.47. The molecule has 2 aromatic heterocycles. The molecule has 0 atom stereocenters. The summed E-state index contributed by atoms with van der Waals surface area (Å²) in [6.45, 7) is 3.29. The van der Waals surface area contributed by atoms with Crippen LogP contribution < -0.4 is 5.69 Å². The molecule has 2 aromatic rings. The molecule has 84 valence electrons. The normalized spacial score (nSPS) is 10.6. The molecule has 0 aromatic carbocycles. The lowest BCUT2D eigenvalue weighted by molar-refractivity contribution is 0.547. The highest BCUT2D eigenvalue weighted by molar-refractivity contribution is 4.89. The van der Waals surface area contributed by atoms with Crippen LogP contribution in [0.3, 0.4) is 0 Å². The first-order chi connectivity index (χ1) is 7.81. The van der Waals surface area contributed by atoms with Gasteiger partial charge in [-0.25, -0.2) is 19.4 Å². The van der Waals surface area contributed by atoms with E-state index in [-0.39, 0.29) is 5.69 Å². The molecule has 6 heteroatoms. The van der Waals surface area contributed by atoms with E-state index < -0.39 is 0 Å². The van der Waals surface area contributed by atoms with Crippen molar-refractivity contribution in [2.75, 3.05) is 0 Å². The Morgan fingerprint density at radius 2 is 2.25 bits per heavy atom. The van der Waals surface area contributed by atoms with Gasteiger partial charge < -0.3 is 0 Å². The van der Waals surface area contributed by atoms with Crippen molar-refractivity contribution in [3.05, 3.63) is 41.1 Å². The molecule has 0 aliphatic heterocycles. The van der Waals surface area contributed by atoms with Crippen molar-refractivity contribution in [3.63, 3.8) is 0 Å². The molecule has 0 unspecified atom stereocenters. The van der Waals surface area contributed by atoms with E-state index in [0.29, 0.717) is 6.54 Å². The highest BCUT2D eigenvalue weighted by atomic mass is 16.1. The molecule has 16 heavy (non-hydrogen) atoms. The van der Waals surface area contributed by atoms with Crippen LogP contribution in [0.25, 0.3) is 0 Å². The second-order valence-electron chi connectivity index (χ2n) is 3.43. The summed E-state index contributed by atoms with van der Waals surface area (Å²) in [6.07, 6.45) is 5.67. The highest BCUT2D eigenvalue weighted by Crippen LogP contribution is 1.97. The maximum atomic E-state index is 11.4. The second kappa shape index (κ2) is 4.69. The average molecular weight is 219 g/mol. The smallest absolute Gasteiger partial charge is 0.292 e. The predicted molar refractivity (Wildman–Crippen MR) is 57.9 cm³/mol. The van der Waals surface area contributed by atoms with Crippen LogP contribution in [0.5, 0.6) is 0 Å². The van der Waals surface area contributed by atoms with Crippen LogP contribution in [0.15, 0.2) is 29.6 Å². The topological polar surface area (TPSA) is 65.6 Å². The fraction of sp³-hybridized carbons (Fsp3) is 0.400. The summed E-state index contributed by atoms with van der Waals surface area (Å²) in [6, 6.07) is 1.72. The van der Waals surface area contributed by atoms with Crippen LogP contribution in [-0.4, -0.2) is 24.3 Å². The zero-order chi connectivity index (χ0) is 11.4. The standard InChI is InChI=1S/C10H13N5O/c1-2-5-15-9(12-8-13-15)7-14-6-3-4-11-10(14)16/h3-4,6,8H,2,5,7H2,1H3. The minimum Gasteiger partial charge on any atom is -0.292 e. The lowest BCUT2D eigenvalue weighted by Crippen LogP contribution is -2.23. The Hall–Kier alpha value is -1.98. The third-order valence-corrected chi connectivity index (χ3v) is 2.23. The Bertz CT molecular complexity index is 516. The molecule has 0 radical (unpaired) electrons. The molecular formula is C10H13N5O. The molecule has 6 nitrogen and oxygen atoms in total. The van der Waals surface area contributed by atoms with Crippen LogP contribution >= 0.6 is 0 Å². The van der Waals surface area contributed by atoms with Gasteiger partial charge in [0.2, 0.25) is 0 Å². The van der Waals surface area contributed by atoms with Crippen LogP contribution in [0.4, 0.5) is 0 Å². The first-order valence-electron chi connectivity index (χ1n) is 5.19. The molecule has 0 aliphatic rings.